The zero-order valence-corrected chi connectivity index (χ0v) is 16.4. The monoisotopic (exact) mass is 401 g/mol. The summed E-state index contributed by atoms with van der Waals surface area (Å²) in [5.41, 5.74) is 6.93. The minimum atomic E-state index is -0.601. The lowest BCUT2D eigenvalue weighted by molar-refractivity contribution is 0.0962. The van der Waals surface area contributed by atoms with Gasteiger partial charge in [0.05, 0.1) is 18.2 Å². The van der Waals surface area contributed by atoms with Crippen LogP contribution in [0.2, 0.25) is 0 Å². The Labute approximate surface area is 172 Å². The van der Waals surface area contributed by atoms with Crippen LogP contribution in [0.5, 0.6) is 17.2 Å². The highest BCUT2D eigenvalue weighted by molar-refractivity contribution is 6.07. The standard InChI is InChI=1S/C23H19N3O4/c1-25-23(28)16-5-3-4-13-10-14(6-7-15(13)16)30-20-8-9-26-19-12-21(29-2)18(22(24)27)11-17(19)20/h3-12H,1-2H3,(H2,24,27)(H,25,28). The number of methoxy groups -OCH3 is 1. The first-order valence-electron chi connectivity index (χ1n) is 9.21. The molecule has 4 aromatic rings. The summed E-state index contributed by atoms with van der Waals surface area (Å²) >= 11 is 0. The van der Waals surface area contributed by atoms with Crippen LogP contribution in [-0.4, -0.2) is 31.0 Å². The molecule has 7 nitrogen and oxygen atoms in total. The number of pyridine rings is 1. The molecule has 3 N–H and O–H groups in total. The summed E-state index contributed by atoms with van der Waals surface area (Å²) in [6.07, 6.45) is 1.62. The number of hydrogen-bond donors (Lipinski definition) is 2. The first kappa shape index (κ1) is 19.2. The number of nitrogens with zero attached hydrogens (tertiary/aromatic N) is 1. The Morgan fingerprint density at radius 2 is 1.80 bits per heavy atom. The van der Waals surface area contributed by atoms with Gasteiger partial charge >= 0.3 is 0 Å². The smallest absolute Gasteiger partial charge is 0.252 e. The average Bonchev–Trinajstić information content (AvgIpc) is 2.77. The molecular weight excluding hydrogens is 382 g/mol. The van der Waals surface area contributed by atoms with Crippen LogP contribution in [0.3, 0.4) is 0 Å². The molecule has 0 radical (unpaired) electrons. The maximum atomic E-state index is 12.1. The second-order valence-corrected chi connectivity index (χ2v) is 6.61. The topological polar surface area (TPSA) is 104 Å². The number of benzene rings is 3. The molecule has 0 aliphatic carbocycles. The molecule has 0 saturated carbocycles. The number of rotatable bonds is 5. The quantitative estimate of drug-likeness (QED) is 0.531. The van der Waals surface area contributed by atoms with E-state index in [-0.39, 0.29) is 11.5 Å². The Balaban J connectivity index is 1.79. The first-order chi connectivity index (χ1) is 14.5. The average molecular weight is 401 g/mol. The third-order valence-corrected chi connectivity index (χ3v) is 4.84. The number of nitrogens with two attached hydrogens (primary N) is 1. The first-order valence-corrected chi connectivity index (χ1v) is 9.21. The van der Waals surface area contributed by atoms with E-state index in [1.54, 1.807) is 43.6 Å². The zero-order valence-electron chi connectivity index (χ0n) is 16.4. The Kier molecular flexibility index (Phi) is 4.93. The molecule has 0 aliphatic rings. The molecule has 1 aromatic heterocycles. The van der Waals surface area contributed by atoms with Crippen molar-refractivity contribution < 1.29 is 19.1 Å². The van der Waals surface area contributed by atoms with E-state index in [0.29, 0.717) is 33.7 Å². The van der Waals surface area contributed by atoms with Gasteiger partial charge in [-0.25, -0.2) is 0 Å². The molecule has 0 aliphatic heterocycles. The number of carbonyl (C=O) groups is 2. The van der Waals surface area contributed by atoms with Gasteiger partial charge in [-0.3, -0.25) is 14.6 Å². The molecule has 3 aromatic carbocycles. The summed E-state index contributed by atoms with van der Waals surface area (Å²) in [7, 11) is 3.07. The van der Waals surface area contributed by atoms with Gasteiger partial charge in [-0.05, 0) is 47.2 Å². The van der Waals surface area contributed by atoms with Gasteiger partial charge in [0.15, 0.2) is 0 Å². The van der Waals surface area contributed by atoms with Crippen LogP contribution in [0.1, 0.15) is 20.7 Å². The number of nitrogens with one attached hydrogen (secondary N) is 1. The molecule has 0 spiro atoms. The van der Waals surface area contributed by atoms with Crippen molar-refractivity contribution >= 4 is 33.5 Å². The largest absolute Gasteiger partial charge is 0.496 e. The summed E-state index contributed by atoms with van der Waals surface area (Å²) in [6.45, 7) is 0. The fourth-order valence-electron chi connectivity index (χ4n) is 3.38. The van der Waals surface area contributed by atoms with Crippen LogP contribution >= 0.6 is 0 Å². The predicted molar refractivity (Wildman–Crippen MR) is 114 cm³/mol. The molecule has 4 rings (SSSR count). The molecule has 0 saturated heterocycles. The highest BCUT2D eigenvalue weighted by atomic mass is 16.5. The predicted octanol–water partition coefficient (Wildman–Crippen LogP) is 3.65. The molecule has 0 unspecified atom stereocenters. The lowest BCUT2D eigenvalue weighted by Crippen LogP contribution is -2.17. The van der Waals surface area contributed by atoms with Crippen molar-refractivity contribution in [2.24, 2.45) is 5.73 Å². The molecule has 30 heavy (non-hydrogen) atoms. The van der Waals surface area contributed by atoms with Crippen LogP contribution < -0.4 is 20.5 Å². The molecule has 2 amide bonds. The van der Waals surface area contributed by atoms with Crippen molar-refractivity contribution in [1.82, 2.24) is 10.3 Å². The Morgan fingerprint density at radius 1 is 0.967 bits per heavy atom. The van der Waals surface area contributed by atoms with Crippen LogP contribution in [0.15, 0.2) is 60.8 Å². The van der Waals surface area contributed by atoms with E-state index in [1.165, 1.54) is 7.11 Å². The van der Waals surface area contributed by atoms with Gasteiger partial charge in [-0.2, -0.15) is 0 Å². The lowest BCUT2D eigenvalue weighted by atomic mass is 10.0. The van der Waals surface area contributed by atoms with Crippen molar-refractivity contribution in [3.63, 3.8) is 0 Å². The summed E-state index contributed by atoms with van der Waals surface area (Å²) in [6, 6.07) is 16.0. The van der Waals surface area contributed by atoms with E-state index in [4.69, 9.17) is 15.2 Å². The third-order valence-electron chi connectivity index (χ3n) is 4.84. The van der Waals surface area contributed by atoms with Gasteiger partial charge in [0.25, 0.3) is 11.8 Å². The number of primary amides is 1. The van der Waals surface area contributed by atoms with Gasteiger partial charge < -0.3 is 20.5 Å². The lowest BCUT2D eigenvalue weighted by Gasteiger charge is -2.12. The van der Waals surface area contributed by atoms with Crippen molar-refractivity contribution in [2.75, 3.05) is 14.2 Å². The highest BCUT2D eigenvalue weighted by Crippen LogP contribution is 2.34. The summed E-state index contributed by atoms with van der Waals surface area (Å²) < 4.78 is 11.3. The zero-order chi connectivity index (χ0) is 21.3. The number of aromatic nitrogens is 1. The van der Waals surface area contributed by atoms with Crippen LogP contribution in [-0.2, 0) is 0 Å². The van der Waals surface area contributed by atoms with Crippen molar-refractivity contribution in [3.05, 3.63) is 71.9 Å². The Morgan fingerprint density at radius 3 is 2.53 bits per heavy atom. The summed E-state index contributed by atoms with van der Waals surface area (Å²) in [5.74, 6) is 0.706. The van der Waals surface area contributed by atoms with Crippen molar-refractivity contribution in [1.29, 1.82) is 0 Å². The molecule has 1 heterocycles. The van der Waals surface area contributed by atoms with Crippen LogP contribution in [0, 0.1) is 0 Å². The number of amides is 2. The Hall–Kier alpha value is -4.13. The molecule has 0 atom stereocenters. The van der Waals surface area contributed by atoms with Gasteiger partial charge in [0.1, 0.15) is 17.2 Å². The van der Waals surface area contributed by atoms with E-state index in [9.17, 15) is 9.59 Å². The van der Waals surface area contributed by atoms with E-state index >= 15 is 0 Å². The van der Waals surface area contributed by atoms with E-state index in [2.05, 4.69) is 10.3 Å². The summed E-state index contributed by atoms with van der Waals surface area (Å²) in [5, 5.41) is 4.97. The van der Waals surface area contributed by atoms with Gasteiger partial charge in [0, 0.05) is 30.3 Å². The SMILES string of the molecule is CNC(=O)c1cccc2cc(Oc3ccnc4cc(OC)c(C(N)=O)cc34)ccc12. The number of fused-ring (bicyclic) bond motifs is 2. The molecule has 0 bridgehead atoms. The molecule has 0 fully saturated rings. The molecule has 7 heteroatoms. The number of carbonyl (C=O) groups excluding carboxylic acids is 2. The van der Waals surface area contributed by atoms with E-state index in [0.717, 1.165) is 10.8 Å². The molecular formula is C23H19N3O4. The molecule has 150 valence electrons. The van der Waals surface area contributed by atoms with E-state index < -0.39 is 5.91 Å². The normalized spacial score (nSPS) is 10.7. The van der Waals surface area contributed by atoms with E-state index in [1.807, 2.05) is 24.3 Å². The maximum absolute atomic E-state index is 12.1. The van der Waals surface area contributed by atoms with Gasteiger partial charge in [-0.15, -0.1) is 0 Å². The third kappa shape index (κ3) is 3.37. The van der Waals surface area contributed by atoms with Crippen LogP contribution in [0.4, 0.5) is 0 Å². The van der Waals surface area contributed by atoms with Gasteiger partial charge in [-0.1, -0.05) is 12.1 Å². The van der Waals surface area contributed by atoms with Crippen molar-refractivity contribution in [2.45, 2.75) is 0 Å². The number of hydrogen-bond acceptors (Lipinski definition) is 5. The van der Waals surface area contributed by atoms with Crippen LogP contribution in [0.25, 0.3) is 21.7 Å². The minimum absolute atomic E-state index is 0.151. The second-order valence-electron chi connectivity index (χ2n) is 6.61. The Bertz CT molecular complexity index is 1300. The fraction of sp³-hybridized carbons (Fsp3) is 0.0870. The van der Waals surface area contributed by atoms with Crippen molar-refractivity contribution in [3.8, 4) is 17.2 Å². The number of ether oxygens (including phenoxy) is 2. The minimum Gasteiger partial charge on any atom is -0.496 e. The fourth-order valence-corrected chi connectivity index (χ4v) is 3.38. The van der Waals surface area contributed by atoms with Gasteiger partial charge in [0.2, 0.25) is 0 Å². The maximum Gasteiger partial charge on any atom is 0.252 e. The highest BCUT2D eigenvalue weighted by Gasteiger charge is 2.15. The second kappa shape index (κ2) is 7.71. The summed E-state index contributed by atoms with van der Waals surface area (Å²) in [4.78, 5) is 28.2.